The third-order valence-corrected chi connectivity index (χ3v) is 0.300. The van der Waals surface area contributed by atoms with Gasteiger partial charge < -0.3 is 20.4 Å². The normalized spacial score (nSPS) is 5.25. The van der Waals surface area contributed by atoms with Gasteiger partial charge in [0.15, 0.2) is 0 Å². The van der Waals surface area contributed by atoms with Crippen LogP contribution < -0.4 is 0 Å². The van der Waals surface area contributed by atoms with Crippen molar-refractivity contribution in [1.29, 1.82) is 0 Å². The van der Waals surface area contributed by atoms with Crippen molar-refractivity contribution in [3.8, 4) is 0 Å². The second-order valence-corrected chi connectivity index (χ2v) is 2.45. The molecule has 0 spiro atoms. The first-order chi connectivity index (χ1) is 7.11. The van der Waals surface area contributed by atoms with Crippen molar-refractivity contribution in [3.05, 3.63) is 0 Å². The molecule has 0 amide bonds. The van der Waals surface area contributed by atoms with Gasteiger partial charge in [0.25, 0.3) is 17.9 Å². The van der Waals surface area contributed by atoms with E-state index in [1.165, 1.54) is 0 Å². The van der Waals surface area contributed by atoms with Crippen LogP contribution in [0.4, 0.5) is 0 Å². The van der Waals surface area contributed by atoms with Crippen LogP contribution in [0.25, 0.3) is 0 Å². The van der Waals surface area contributed by atoms with Crippen LogP contribution in [0.1, 0.15) is 20.8 Å². The quantitative estimate of drug-likeness (QED) is 0.194. The van der Waals surface area contributed by atoms with Crippen molar-refractivity contribution in [2.75, 3.05) is 12.4 Å². The Balaban J connectivity index is -0.0000000150. The molecular weight excluding hydrogens is 567 g/mol. The molecule has 0 aromatic carbocycles. The number of hydrogen-bond acceptors (Lipinski definition) is 5. The number of rotatable bonds is 1. The molecule has 0 aliphatic rings. The number of aliphatic hydroxyl groups excluding tert-OH is 1. The van der Waals surface area contributed by atoms with Crippen molar-refractivity contribution in [3.63, 3.8) is 0 Å². The van der Waals surface area contributed by atoms with Crippen molar-refractivity contribution in [2.45, 2.75) is 20.8 Å². The zero-order valence-electron chi connectivity index (χ0n) is 11.4. The third kappa shape index (κ3) is 1330. The molecule has 0 rings (SSSR count). The first-order valence-electron chi connectivity index (χ1n) is 3.92. The fourth-order valence-electron chi connectivity index (χ4n) is 0. The Morgan fingerprint density at radius 1 is 0.900 bits per heavy atom. The molecule has 0 aromatic heterocycles. The van der Waals surface area contributed by atoms with E-state index in [-0.39, 0.29) is 84.1 Å². The van der Waals surface area contributed by atoms with Crippen LogP contribution in [0, 0.1) is 0 Å². The smallest absolute Gasteiger partial charge is 0 e. The average molecular weight is 587 g/mol. The number of aliphatic carboxylic acids is 3. The van der Waals surface area contributed by atoms with E-state index in [1.54, 1.807) is 0 Å². The first kappa shape index (κ1) is 49.7. The molecule has 0 aromatic rings. The summed E-state index contributed by atoms with van der Waals surface area (Å²) in [7, 11) is 0. The van der Waals surface area contributed by atoms with E-state index in [9.17, 15) is 0 Å². The van der Waals surface area contributed by atoms with Gasteiger partial charge in [-0.2, -0.15) is 12.6 Å². The maximum atomic E-state index is 9.00. The van der Waals surface area contributed by atoms with Gasteiger partial charge in [-0.1, -0.05) is 0 Å². The van der Waals surface area contributed by atoms with E-state index in [4.69, 9.17) is 34.8 Å². The molecule has 123 valence electrons. The van der Waals surface area contributed by atoms with Crippen LogP contribution in [0.15, 0.2) is 0 Å². The zero-order valence-corrected chi connectivity index (χ0v) is 21.4. The Morgan fingerprint density at radius 3 is 0.950 bits per heavy atom. The Kier molecular flexibility index (Phi) is 124. The van der Waals surface area contributed by atoms with Crippen LogP contribution in [0.2, 0.25) is 0 Å². The van der Waals surface area contributed by atoms with Gasteiger partial charge in [0.2, 0.25) is 0 Å². The Hall–Kier alpha value is 1.18. The molecule has 4 N–H and O–H groups in total. The van der Waals surface area contributed by atoms with Gasteiger partial charge in [-0.25, -0.2) is 0 Å². The Labute approximate surface area is 174 Å². The largest absolute Gasteiger partial charge is 0 e. The van der Waals surface area contributed by atoms with Crippen molar-refractivity contribution in [1.82, 2.24) is 0 Å². The van der Waals surface area contributed by atoms with E-state index in [0.717, 1.165) is 20.8 Å². The van der Waals surface area contributed by atoms with E-state index < -0.39 is 17.9 Å². The van der Waals surface area contributed by atoms with Crippen LogP contribution in [0.3, 0.4) is 0 Å². The molecule has 0 bridgehead atoms. The fourth-order valence-corrected chi connectivity index (χ4v) is 0. The molecule has 0 saturated heterocycles. The van der Waals surface area contributed by atoms with Gasteiger partial charge in [0.1, 0.15) is 0 Å². The maximum absolute atomic E-state index is 9.00. The SMILES string of the molecule is CC(=O)O.CC(=O)O.CC(=O)O.OCCS.[Cu].[SeH].[SnH].[Zn]. The summed E-state index contributed by atoms with van der Waals surface area (Å²) in [6, 6.07) is 0. The Morgan fingerprint density at radius 2 is 0.950 bits per heavy atom. The standard InChI is InChI=1S/3C2H4O2.C2H6OS.Cu.HSe.Sn.Zn.H/c3*1-2(3)4;3-1-2-4;;;;;/h3*1H3,(H,3,4);3-4H,1-2H2;;1H;;;. The molecule has 0 atom stereocenters. The number of aliphatic hydroxyl groups is 1. The number of hydrogen-bond donors (Lipinski definition) is 5. The summed E-state index contributed by atoms with van der Waals surface area (Å²) in [4.78, 5) is 27.0. The first-order valence-corrected chi connectivity index (χ1v) is 4.55. The minimum atomic E-state index is -0.833. The second kappa shape index (κ2) is 50.0. The summed E-state index contributed by atoms with van der Waals surface area (Å²) in [5.74, 6) is -1.93. The maximum Gasteiger partial charge on any atom is 0 e. The van der Waals surface area contributed by atoms with Gasteiger partial charge >= 0.3 is 41.0 Å². The van der Waals surface area contributed by atoms with E-state index in [0.29, 0.717) is 5.75 Å². The summed E-state index contributed by atoms with van der Waals surface area (Å²) in [6.45, 7) is 3.43. The second-order valence-electron chi connectivity index (χ2n) is 2.00. The average Bonchev–Trinajstić information content (AvgIpc) is 2.00. The van der Waals surface area contributed by atoms with E-state index in [2.05, 4.69) is 12.6 Å². The fraction of sp³-hybridized carbons (Fsp3) is 0.625. The van der Waals surface area contributed by atoms with E-state index in [1.807, 2.05) is 0 Å². The van der Waals surface area contributed by atoms with Crippen molar-refractivity contribution in [2.24, 2.45) is 0 Å². The molecule has 0 unspecified atom stereocenters. The van der Waals surface area contributed by atoms with Crippen molar-refractivity contribution >= 4 is 71.5 Å². The molecule has 0 fully saturated rings. The van der Waals surface area contributed by atoms with Crippen molar-refractivity contribution < 1.29 is 71.4 Å². The summed E-state index contributed by atoms with van der Waals surface area (Å²) in [5, 5.41) is 30.0. The molecule has 5 radical (unpaired) electrons. The molecule has 0 aliphatic heterocycles. The minimum absolute atomic E-state index is 0. The molecular formula is C8H20CuO7SSeSnZn. The van der Waals surface area contributed by atoms with Gasteiger partial charge in [-0.15, -0.1) is 0 Å². The van der Waals surface area contributed by atoms with Crippen LogP contribution in [-0.2, 0) is 50.9 Å². The number of thiol groups is 1. The molecule has 0 heterocycles. The number of carboxylic acids is 3. The van der Waals surface area contributed by atoms with Gasteiger partial charge in [-0.3, -0.25) is 14.4 Å². The Bertz CT molecular complexity index is 161. The van der Waals surface area contributed by atoms with Gasteiger partial charge in [-0.05, 0) is 0 Å². The molecule has 7 nitrogen and oxygen atoms in total. The van der Waals surface area contributed by atoms with Gasteiger partial charge in [0.05, 0.1) is 6.61 Å². The summed E-state index contributed by atoms with van der Waals surface area (Å²) in [5.41, 5.74) is 0. The summed E-state index contributed by atoms with van der Waals surface area (Å²) in [6.07, 6.45) is 0. The predicted molar refractivity (Wildman–Crippen MR) is 75.2 cm³/mol. The third-order valence-electron chi connectivity index (χ3n) is 0.1000. The summed E-state index contributed by atoms with van der Waals surface area (Å²) < 4.78 is 0. The molecule has 12 heteroatoms. The number of carboxylic acid groups (broad SMARTS) is 3. The predicted octanol–water partition coefficient (Wildman–Crippen LogP) is -1.12. The topological polar surface area (TPSA) is 132 Å². The molecule has 0 saturated carbocycles. The van der Waals surface area contributed by atoms with Gasteiger partial charge in [0, 0.05) is 63.1 Å². The van der Waals surface area contributed by atoms with E-state index >= 15 is 0 Å². The number of carbonyl (C=O) groups is 3. The summed E-state index contributed by atoms with van der Waals surface area (Å²) >= 11 is 3.67. The molecule has 0 aliphatic carbocycles. The minimum Gasteiger partial charge on any atom is 0 e. The zero-order chi connectivity index (χ0) is 14.1. The monoisotopic (exact) mass is 587 g/mol. The molecule has 20 heavy (non-hydrogen) atoms. The van der Waals surface area contributed by atoms with Crippen LogP contribution in [0.5, 0.6) is 0 Å². The van der Waals surface area contributed by atoms with Crippen LogP contribution in [-0.4, -0.2) is 91.7 Å². The van der Waals surface area contributed by atoms with Crippen LogP contribution >= 0.6 is 12.6 Å².